The van der Waals surface area contributed by atoms with Crippen molar-refractivity contribution in [3.63, 3.8) is 0 Å². The highest BCUT2D eigenvalue weighted by atomic mass is 16.5. The van der Waals surface area contributed by atoms with E-state index in [1.165, 1.54) is 4.90 Å². The topological polar surface area (TPSA) is 99.4 Å². The molecule has 0 unspecified atom stereocenters. The number of aromatic amines is 1. The Labute approximate surface area is 127 Å². The largest absolute Gasteiger partial charge is 0.465 e. The van der Waals surface area contributed by atoms with Gasteiger partial charge in [0, 0.05) is 11.1 Å². The van der Waals surface area contributed by atoms with Gasteiger partial charge in [-0.25, -0.2) is 9.59 Å². The Morgan fingerprint density at radius 3 is 2.32 bits per heavy atom. The highest BCUT2D eigenvalue weighted by molar-refractivity contribution is 5.67. The summed E-state index contributed by atoms with van der Waals surface area (Å²) in [5, 5.41) is 13.1. The molecule has 2 N–H and O–H groups in total. The number of nitrogens with one attached hydrogen (secondary N) is 1. The van der Waals surface area contributed by atoms with Gasteiger partial charge in [0.1, 0.15) is 0 Å². The molecule has 0 aliphatic heterocycles. The van der Waals surface area contributed by atoms with Crippen molar-refractivity contribution in [3.05, 3.63) is 40.4 Å². The van der Waals surface area contributed by atoms with Gasteiger partial charge in [-0.15, -0.1) is 0 Å². The van der Waals surface area contributed by atoms with Crippen LogP contribution in [0.1, 0.15) is 39.3 Å². The summed E-state index contributed by atoms with van der Waals surface area (Å²) in [4.78, 5) is 26.3. The maximum Gasteiger partial charge on any atom is 0.439 e. The van der Waals surface area contributed by atoms with Crippen molar-refractivity contribution in [2.45, 2.75) is 39.3 Å². The first kappa shape index (κ1) is 15.8. The highest BCUT2D eigenvalue weighted by Gasteiger charge is 2.31. The van der Waals surface area contributed by atoms with E-state index in [1.54, 1.807) is 12.1 Å². The average Bonchev–Trinajstić information content (AvgIpc) is 2.83. The van der Waals surface area contributed by atoms with E-state index >= 15 is 0 Å². The third-order valence-corrected chi connectivity index (χ3v) is 3.42. The number of hydrogen-bond donors (Lipinski definition) is 2. The lowest BCUT2D eigenvalue weighted by Gasteiger charge is -2.38. The zero-order chi connectivity index (χ0) is 16.5. The smallest absolute Gasteiger partial charge is 0.439 e. The van der Waals surface area contributed by atoms with Gasteiger partial charge >= 0.3 is 11.8 Å². The van der Waals surface area contributed by atoms with Gasteiger partial charge in [-0.05, 0) is 33.3 Å². The SMILES string of the molecule is C[C@@H](c1ccc(-c2noc(=O)[nH]2)cc1)N(C(=O)O)C(C)(C)C. The molecular formula is C15H19N3O4. The van der Waals surface area contributed by atoms with E-state index in [0.29, 0.717) is 11.4 Å². The van der Waals surface area contributed by atoms with E-state index in [0.717, 1.165) is 5.56 Å². The molecule has 0 radical (unpaired) electrons. The Bertz CT molecular complexity index is 709. The first-order valence-electron chi connectivity index (χ1n) is 6.88. The third kappa shape index (κ3) is 3.19. The maximum absolute atomic E-state index is 11.5. The van der Waals surface area contributed by atoms with E-state index in [-0.39, 0.29) is 6.04 Å². The van der Waals surface area contributed by atoms with Crippen molar-refractivity contribution >= 4 is 6.09 Å². The molecule has 7 nitrogen and oxygen atoms in total. The van der Waals surface area contributed by atoms with E-state index < -0.39 is 17.4 Å². The van der Waals surface area contributed by atoms with Gasteiger partial charge in [-0.2, -0.15) is 0 Å². The summed E-state index contributed by atoms with van der Waals surface area (Å²) in [6.45, 7) is 7.40. The van der Waals surface area contributed by atoms with Crippen LogP contribution in [-0.4, -0.2) is 31.8 Å². The van der Waals surface area contributed by atoms with Crippen LogP contribution in [0, 0.1) is 0 Å². The highest BCUT2D eigenvalue weighted by Crippen LogP contribution is 2.29. The van der Waals surface area contributed by atoms with Crippen LogP contribution in [0.4, 0.5) is 4.79 Å². The second-order valence-corrected chi connectivity index (χ2v) is 6.07. The molecule has 7 heteroatoms. The van der Waals surface area contributed by atoms with Crippen LogP contribution >= 0.6 is 0 Å². The fraction of sp³-hybridized carbons (Fsp3) is 0.400. The summed E-state index contributed by atoms with van der Waals surface area (Å²) in [5.74, 6) is -0.271. The first-order valence-corrected chi connectivity index (χ1v) is 6.88. The number of carboxylic acid groups (broad SMARTS) is 1. The minimum atomic E-state index is -0.968. The number of aromatic nitrogens is 2. The van der Waals surface area contributed by atoms with Gasteiger partial charge < -0.3 is 5.11 Å². The molecule has 1 amide bonds. The van der Waals surface area contributed by atoms with Crippen LogP contribution in [0.25, 0.3) is 11.4 Å². The van der Waals surface area contributed by atoms with E-state index in [1.807, 2.05) is 39.8 Å². The van der Waals surface area contributed by atoms with Gasteiger partial charge in [0.2, 0.25) is 0 Å². The summed E-state index contributed by atoms with van der Waals surface area (Å²) in [6.07, 6.45) is -0.968. The molecule has 2 rings (SSSR count). The number of rotatable bonds is 3. The lowest BCUT2D eigenvalue weighted by atomic mass is 9.99. The Morgan fingerprint density at radius 1 is 1.32 bits per heavy atom. The lowest BCUT2D eigenvalue weighted by Crippen LogP contribution is -2.46. The third-order valence-electron chi connectivity index (χ3n) is 3.42. The van der Waals surface area contributed by atoms with Crippen molar-refractivity contribution in [1.82, 2.24) is 15.0 Å². The van der Waals surface area contributed by atoms with Crippen molar-refractivity contribution in [1.29, 1.82) is 0 Å². The number of benzene rings is 1. The minimum Gasteiger partial charge on any atom is -0.465 e. The van der Waals surface area contributed by atoms with E-state index in [4.69, 9.17) is 0 Å². The summed E-state index contributed by atoms with van der Waals surface area (Å²) >= 11 is 0. The van der Waals surface area contributed by atoms with Gasteiger partial charge in [0.05, 0.1) is 6.04 Å². The fourth-order valence-corrected chi connectivity index (χ4v) is 2.46. The quantitative estimate of drug-likeness (QED) is 0.908. The number of hydrogen-bond acceptors (Lipinski definition) is 4. The standard InChI is InChI=1S/C15H19N3O4/c1-9(18(14(20)21)15(2,3)4)10-5-7-11(8-6-10)12-16-13(19)22-17-12/h5-9H,1-4H3,(H,20,21)(H,16,17,19)/t9-/m0/s1. The van der Waals surface area contributed by atoms with Crippen molar-refractivity contribution in [2.24, 2.45) is 0 Å². The molecule has 2 aromatic rings. The van der Waals surface area contributed by atoms with E-state index in [2.05, 4.69) is 14.7 Å². The molecular weight excluding hydrogens is 286 g/mol. The second-order valence-electron chi connectivity index (χ2n) is 6.07. The van der Waals surface area contributed by atoms with Crippen LogP contribution in [0.2, 0.25) is 0 Å². The van der Waals surface area contributed by atoms with Crippen molar-refractivity contribution < 1.29 is 14.4 Å². The predicted octanol–water partition coefficient (Wildman–Crippen LogP) is 2.87. The van der Waals surface area contributed by atoms with Crippen molar-refractivity contribution in [3.8, 4) is 11.4 Å². The number of H-pyrrole nitrogens is 1. The monoisotopic (exact) mass is 305 g/mol. The molecule has 118 valence electrons. The Balaban J connectivity index is 2.29. The Hall–Kier alpha value is -2.57. The molecule has 0 saturated carbocycles. The molecule has 1 atom stereocenters. The minimum absolute atomic E-state index is 0.303. The predicted molar refractivity (Wildman–Crippen MR) is 80.6 cm³/mol. The van der Waals surface area contributed by atoms with Gasteiger partial charge in [-0.3, -0.25) is 14.4 Å². The lowest BCUT2D eigenvalue weighted by molar-refractivity contribution is 0.0753. The zero-order valence-electron chi connectivity index (χ0n) is 13.0. The van der Waals surface area contributed by atoms with Crippen molar-refractivity contribution in [2.75, 3.05) is 0 Å². The van der Waals surface area contributed by atoms with Gasteiger partial charge in [0.25, 0.3) is 0 Å². The Morgan fingerprint density at radius 2 is 1.91 bits per heavy atom. The van der Waals surface area contributed by atoms with Crippen LogP contribution in [0.15, 0.2) is 33.6 Å². The summed E-state index contributed by atoms with van der Waals surface area (Å²) < 4.78 is 4.46. The Kier molecular flexibility index (Phi) is 4.07. The maximum atomic E-state index is 11.5. The molecule has 0 spiro atoms. The van der Waals surface area contributed by atoms with Crippen LogP contribution in [0.5, 0.6) is 0 Å². The molecule has 0 aliphatic carbocycles. The molecule has 1 heterocycles. The normalized spacial score (nSPS) is 12.9. The number of carbonyl (C=O) groups is 1. The molecule has 1 aromatic carbocycles. The number of nitrogens with zero attached hydrogens (tertiary/aromatic N) is 2. The van der Waals surface area contributed by atoms with Crippen LogP contribution < -0.4 is 5.76 Å². The molecule has 0 bridgehead atoms. The number of amides is 1. The molecule has 0 saturated heterocycles. The average molecular weight is 305 g/mol. The molecule has 0 fully saturated rings. The fourth-order valence-electron chi connectivity index (χ4n) is 2.46. The first-order chi connectivity index (χ1) is 10.2. The van der Waals surface area contributed by atoms with E-state index in [9.17, 15) is 14.7 Å². The van der Waals surface area contributed by atoms with Gasteiger partial charge in [-0.1, -0.05) is 29.4 Å². The van der Waals surface area contributed by atoms with Crippen LogP contribution in [-0.2, 0) is 0 Å². The molecule has 22 heavy (non-hydrogen) atoms. The second kappa shape index (κ2) is 5.67. The summed E-state index contributed by atoms with van der Waals surface area (Å²) in [5.41, 5.74) is 1.03. The van der Waals surface area contributed by atoms with Crippen LogP contribution in [0.3, 0.4) is 0 Å². The zero-order valence-corrected chi connectivity index (χ0v) is 13.0. The molecule has 0 aliphatic rings. The molecule has 1 aromatic heterocycles. The van der Waals surface area contributed by atoms with Gasteiger partial charge in [0.15, 0.2) is 5.82 Å². The summed E-state index contributed by atoms with van der Waals surface area (Å²) in [7, 11) is 0. The summed E-state index contributed by atoms with van der Waals surface area (Å²) in [6, 6.07) is 6.86.